The van der Waals surface area contributed by atoms with E-state index < -0.39 is 0 Å². The van der Waals surface area contributed by atoms with Crippen molar-refractivity contribution in [3.05, 3.63) is 23.7 Å². The summed E-state index contributed by atoms with van der Waals surface area (Å²) in [4.78, 5) is 2.35. The zero-order valence-electron chi connectivity index (χ0n) is 12.3. The molecule has 104 valence electrons. The molecule has 0 aliphatic carbocycles. The van der Waals surface area contributed by atoms with Crippen LogP contribution in [0.5, 0.6) is 0 Å². The second-order valence-corrected chi connectivity index (χ2v) is 5.15. The van der Waals surface area contributed by atoms with Crippen molar-refractivity contribution in [1.29, 1.82) is 0 Å². The fourth-order valence-electron chi connectivity index (χ4n) is 2.05. The van der Waals surface area contributed by atoms with E-state index >= 15 is 0 Å². The summed E-state index contributed by atoms with van der Waals surface area (Å²) in [5.74, 6) is 1.06. The molecule has 0 aliphatic rings. The van der Waals surface area contributed by atoms with E-state index in [0.29, 0.717) is 6.04 Å². The highest BCUT2D eigenvalue weighted by Crippen LogP contribution is 2.13. The minimum Gasteiger partial charge on any atom is -0.468 e. The van der Waals surface area contributed by atoms with Gasteiger partial charge in [-0.2, -0.15) is 0 Å². The van der Waals surface area contributed by atoms with Crippen molar-refractivity contribution < 1.29 is 4.42 Å². The Morgan fingerprint density at radius 2 is 2.11 bits per heavy atom. The summed E-state index contributed by atoms with van der Waals surface area (Å²) >= 11 is 0. The molecule has 1 N–H and O–H groups in total. The molecule has 0 saturated carbocycles. The highest BCUT2D eigenvalue weighted by molar-refractivity contribution is 5.12. The molecule has 1 heterocycles. The molecule has 0 aliphatic heterocycles. The molecule has 1 aromatic rings. The Labute approximate surface area is 112 Å². The molecule has 1 rings (SSSR count). The lowest BCUT2D eigenvalue weighted by Gasteiger charge is -2.22. The molecule has 18 heavy (non-hydrogen) atoms. The minimum absolute atomic E-state index is 0.613. The van der Waals surface area contributed by atoms with Gasteiger partial charge in [0.1, 0.15) is 5.76 Å². The van der Waals surface area contributed by atoms with Crippen molar-refractivity contribution in [2.45, 2.75) is 59.2 Å². The Bertz CT molecular complexity index is 322. The molecule has 0 saturated heterocycles. The van der Waals surface area contributed by atoms with Gasteiger partial charge in [0.25, 0.3) is 0 Å². The van der Waals surface area contributed by atoms with Crippen LogP contribution in [0.2, 0.25) is 0 Å². The number of furan rings is 1. The van der Waals surface area contributed by atoms with Gasteiger partial charge in [0.2, 0.25) is 0 Å². The molecule has 1 aromatic heterocycles. The van der Waals surface area contributed by atoms with Gasteiger partial charge in [-0.25, -0.2) is 0 Å². The number of nitrogens with one attached hydrogen (secondary N) is 1. The average molecular weight is 252 g/mol. The van der Waals surface area contributed by atoms with Crippen molar-refractivity contribution in [3.8, 4) is 0 Å². The first-order valence-corrected chi connectivity index (χ1v) is 7.14. The van der Waals surface area contributed by atoms with Gasteiger partial charge < -0.3 is 9.73 Å². The molecule has 3 nitrogen and oxygen atoms in total. The summed E-state index contributed by atoms with van der Waals surface area (Å²) in [6.07, 6.45) is 5.51. The maximum absolute atomic E-state index is 5.61. The summed E-state index contributed by atoms with van der Waals surface area (Å²) in [5, 5.41) is 3.39. The zero-order chi connectivity index (χ0) is 13.4. The Kier molecular flexibility index (Phi) is 7.06. The van der Waals surface area contributed by atoms with E-state index in [1.807, 2.05) is 6.26 Å². The van der Waals surface area contributed by atoms with Crippen LogP contribution in [0.1, 0.15) is 51.4 Å². The molecule has 0 amide bonds. The number of hydrogen-bond donors (Lipinski definition) is 1. The number of nitrogens with zero attached hydrogens (tertiary/aromatic N) is 1. The predicted molar refractivity (Wildman–Crippen MR) is 76.5 cm³/mol. The van der Waals surface area contributed by atoms with Crippen LogP contribution in [-0.4, -0.2) is 24.5 Å². The van der Waals surface area contributed by atoms with E-state index in [2.05, 4.69) is 44.1 Å². The van der Waals surface area contributed by atoms with E-state index in [9.17, 15) is 0 Å². The highest BCUT2D eigenvalue weighted by atomic mass is 16.3. The lowest BCUT2D eigenvalue weighted by molar-refractivity contribution is 0.219. The molecule has 0 spiro atoms. The first-order valence-electron chi connectivity index (χ1n) is 7.14. The maximum atomic E-state index is 5.61. The summed E-state index contributed by atoms with van der Waals surface area (Å²) in [5.41, 5.74) is 1.25. The van der Waals surface area contributed by atoms with Crippen LogP contribution in [0.15, 0.2) is 16.7 Å². The third-order valence-electron chi connectivity index (χ3n) is 3.33. The standard InChI is InChI=1S/C15H28N2O/c1-5-7-13(3)17(4)11-15-9-14(12-18-15)10-16-8-6-2/h9,12-13,16H,5-8,10-11H2,1-4H3. The Balaban J connectivity index is 2.38. The molecule has 0 radical (unpaired) electrons. The molecule has 0 bridgehead atoms. The fraction of sp³-hybridized carbons (Fsp3) is 0.733. The highest BCUT2D eigenvalue weighted by Gasteiger charge is 2.10. The maximum Gasteiger partial charge on any atom is 0.118 e. The van der Waals surface area contributed by atoms with E-state index in [1.165, 1.54) is 24.8 Å². The molecule has 3 heteroatoms. The van der Waals surface area contributed by atoms with E-state index in [-0.39, 0.29) is 0 Å². The van der Waals surface area contributed by atoms with Gasteiger partial charge >= 0.3 is 0 Å². The van der Waals surface area contributed by atoms with Gasteiger partial charge in [-0.05, 0) is 39.4 Å². The predicted octanol–water partition coefficient (Wildman–Crippen LogP) is 3.40. The van der Waals surface area contributed by atoms with Crippen LogP contribution in [0.3, 0.4) is 0 Å². The molecule has 0 fully saturated rings. The van der Waals surface area contributed by atoms with Crippen LogP contribution in [-0.2, 0) is 13.1 Å². The van der Waals surface area contributed by atoms with Gasteiger partial charge in [0.15, 0.2) is 0 Å². The number of rotatable bonds is 9. The van der Waals surface area contributed by atoms with Crippen LogP contribution in [0.25, 0.3) is 0 Å². The number of hydrogen-bond acceptors (Lipinski definition) is 3. The van der Waals surface area contributed by atoms with Gasteiger partial charge in [0, 0.05) is 18.2 Å². The molecule has 1 atom stereocenters. The van der Waals surface area contributed by atoms with Crippen LogP contribution in [0, 0.1) is 0 Å². The lowest BCUT2D eigenvalue weighted by Crippen LogP contribution is -2.28. The molecular weight excluding hydrogens is 224 g/mol. The van der Waals surface area contributed by atoms with Crippen molar-refractivity contribution in [1.82, 2.24) is 10.2 Å². The summed E-state index contributed by atoms with van der Waals surface area (Å²) in [6, 6.07) is 2.78. The summed E-state index contributed by atoms with van der Waals surface area (Å²) < 4.78 is 5.61. The van der Waals surface area contributed by atoms with Crippen molar-refractivity contribution in [3.63, 3.8) is 0 Å². The van der Waals surface area contributed by atoms with Crippen molar-refractivity contribution in [2.24, 2.45) is 0 Å². The SMILES string of the molecule is CCCNCc1coc(CN(C)C(C)CCC)c1. The lowest BCUT2D eigenvalue weighted by atomic mass is 10.1. The monoisotopic (exact) mass is 252 g/mol. The minimum atomic E-state index is 0.613. The Morgan fingerprint density at radius 3 is 2.78 bits per heavy atom. The van der Waals surface area contributed by atoms with Crippen LogP contribution < -0.4 is 5.32 Å². The largest absolute Gasteiger partial charge is 0.468 e. The topological polar surface area (TPSA) is 28.4 Å². The van der Waals surface area contributed by atoms with Crippen molar-refractivity contribution >= 4 is 0 Å². The molecule has 0 aromatic carbocycles. The van der Waals surface area contributed by atoms with Crippen LogP contribution in [0.4, 0.5) is 0 Å². The van der Waals surface area contributed by atoms with Crippen molar-refractivity contribution in [2.75, 3.05) is 13.6 Å². The smallest absolute Gasteiger partial charge is 0.118 e. The molecular formula is C15H28N2O. The van der Waals surface area contributed by atoms with E-state index in [0.717, 1.165) is 25.4 Å². The third kappa shape index (κ3) is 5.23. The molecule has 1 unspecified atom stereocenters. The van der Waals surface area contributed by atoms with Gasteiger partial charge in [-0.1, -0.05) is 20.3 Å². The van der Waals surface area contributed by atoms with E-state index in [4.69, 9.17) is 4.42 Å². The Morgan fingerprint density at radius 1 is 1.33 bits per heavy atom. The second-order valence-electron chi connectivity index (χ2n) is 5.15. The second kappa shape index (κ2) is 8.33. The Hall–Kier alpha value is -0.800. The first-order chi connectivity index (χ1) is 8.67. The van der Waals surface area contributed by atoms with Crippen LogP contribution >= 0.6 is 0 Å². The normalized spacial score (nSPS) is 13.2. The van der Waals surface area contributed by atoms with Gasteiger partial charge in [-0.3, -0.25) is 4.90 Å². The quantitative estimate of drug-likeness (QED) is 0.683. The van der Waals surface area contributed by atoms with E-state index in [1.54, 1.807) is 0 Å². The van der Waals surface area contributed by atoms with Gasteiger partial charge in [0.05, 0.1) is 12.8 Å². The summed E-state index contributed by atoms with van der Waals surface area (Å²) in [6.45, 7) is 9.55. The summed E-state index contributed by atoms with van der Waals surface area (Å²) in [7, 11) is 2.16. The third-order valence-corrected chi connectivity index (χ3v) is 3.33. The average Bonchev–Trinajstić information content (AvgIpc) is 2.77. The zero-order valence-corrected chi connectivity index (χ0v) is 12.3. The van der Waals surface area contributed by atoms with Gasteiger partial charge in [-0.15, -0.1) is 0 Å². The first kappa shape index (κ1) is 15.3. The fourth-order valence-corrected chi connectivity index (χ4v) is 2.05.